The van der Waals surface area contributed by atoms with Crippen molar-refractivity contribution in [2.24, 2.45) is 0 Å². The Kier molecular flexibility index (Phi) is 5.90. The fraction of sp³-hybridized carbons (Fsp3) is 0.364. The van der Waals surface area contributed by atoms with Crippen LogP contribution >= 0.6 is 15.9 Å². The van der Waals surface area contributed by atoms with Gasteiger partial charge in [-0.15, -0.1) is 0 Å². The minimum absolute atomic E-state index is 0.0718. The SMILES string of the molecule is O=C1CC(c2ccccc2Br)C(=O)N1CN1CCN(Cc2ccccc2)CC1. The van der Waals surface area contributed by atoms with E-state index in [2.05, 4.69) is 50.0 Å². The second kappa shape index (κ2) is 8.55. The van der Waals surface area contributed by atoms with Crippen molar-refractivity contribution >= 4 is 27.7 Å². The van der Waals surface area contributed by atoms with E-state index in [4.69, 9.17) is 0 Å². The second-order valence-electron chi connectivity index (χ2n) is 7.46. The molecule has 28 heavy (non-hydrogen) atoms. The van der Waals surface area contributed by atoms with Gasteiger partial charge in [0.2, 0.25) is 11.8 Å². The molecular formula is C22H24BrN3O2. The fourth-order valence-electron chi connectivity index (χ4n) is 3.96. The van der Waals surface area contributed by atoms with Gasteiger partial charge < -0.3 is 0 Å². The lowest BCUT2D eigenvalue weighted by atomic mass is 9.98. The summed E-state index contributed by atoms with van der Waals surface area (Å²) in [5.74, 6) is -0.525. The number of likely N-dealkylation sites (tertiary alicyclic amines) is 1. The molecule has 2 fully saturated rings. The third kappa shape index (κ3) is 4.19. The van der Waals surface area contributed by atoms with Crippen LogP contribution in [0.4, 0.5) is 0 Å². The van der Waals surface area contributed by atoms with Crippen LogP contribution < -0.4 is 0 Å². The van der Waals surface area contributed by atoms with E-state index in [9.17, 15) is 9.59 Å². The van der Waals surface area contributed by atoms with Crippen LogP contribution in [-0.4, -0.2) is 59.4 Å². The summed E-state index contributed by atoms with van der Waals surface area (Å²) >= 11 is 3.51. The van der Waals surface area contributed by atoms with Crippen molar-refractivity contribution in [3.05, 3.63) is 70.2 Å². The van der Waals surface area contributed by atoms with Crippen molar-refractivity contribution in [1.82, 2.24) is 14.7 Å². The number of piperazine rings is 1. The summed E-state index contributed by atoms with van der Waals surface area (Å²) in [7, 11) is 0. The zero-order chi connectivity index (χ0) is 19.5. The molecule has 0 aliphatic carbocycles. The molecule has 0 saturated carbocycles. The Morgan fingerprint density at radius 3 is 2.21 bits per heavy atom. The fourth-order valence-corrected chi connectivity index (χ4v) is 4.52. The number of rotatable bonds is 5. The first-order chi connectivity index (χ1) is 13.6. The molecule has 1 unspecified atom stereocenters. The Labute approximate surface area is 174 Å². The Morgan fingerprint density at radius 1 is 0.857 bits per heavy atom. The van der Waals surface area contributed by atoms with Crippen LogP contribution in [0.2, 0.25) is 0 Å². The maximum Gasteiger partial charge on any atom is 0.238 e. The lowest BCUT2D eigenvalue weighted by molar-refractivity contribution is -0.141. The average molecular weight is 442 g/mol. The lowest BCUT2D eigenvalue weighted by Gasteiger charge is -2.36. The number of nitrogens with zero attached hydrogens (tertiary/aromatic N) is 3. The van der Waals surface area contributed by atoms with Crippen LogP contribution in [0.3, 0.4) is 0 Å². The molecule has 2 aliphatic heterocycles. The van der Waals surface area contributed by atoms with Crippen molar-refractivity contribution in [3.8, 4) is 0 Å². The predicted molar refractivity (Wildman–Crippen MR) is 112 cm³/mol. The molecule has 0 radical (unpaired) electrons. The van der Waals surface area contributed by atoms with Gasteiger partial charge >= 0.3 is 0 Å². The molecule has 0 aromatic heterocycles. The molecule has 1 atom stereocenters. The highest BCUT2D eigenvalue weighted by Gasteiger charge is 2.40. The van der Waals surface area contributed by atoms with E-state index in [1.54, 1.807) is 0 Å². The van der Waals surface area contributed by atoms with Gasteiger partial charge in [0, 0.05) is 43.6 Å². The smallest absolute Gasteiger partial charge is 0.238 e. The van der Waals surface area contributed by atoms with Crippen molar-refractivity contribution in [2.45, 2.75) is 18.9 Å². The molecule has 2 aliphatic rings. The maximum absolute atomic E-state index is 12.9. The van der Waals surface area contributed by atoms with Gasteiger partial charge in [0.15, 0.2) is 0 Å². The highest BCUT2D eigenvalue weighted by Crippen LogP contribution is 2.34. The monoisotopic (exact) mass is 441 g/mol. The van der Waals surface area contributed by atoms with Gasteiger partial charge in [-0.2, -0.15) is 0 Å². The molecule has 5 nitrogen and oxygen atoms in total. The summed E-state index contributed by atoms with van der Waals surface area (Å²) in [4.78, 5) is 31.5. The lowest BCUT2D eigenvalue weighted by Crippen LogP contribution is -2.50. The van der Waals surface area contributed by atoms with Crippen molar-refractivity contribution in [2.75, 3.05) is 32.8 Å². The van der Waals surface area contributed by atoms with Crippen LogP contribution in [-0.2, 0) is 16.1 Å². The molecule has 0 bridgehead atoms. The van der Waals surface area contributed by atoms with Crippen LogP contribution in [0.15, 0.2) is 59.1 Å². The number of amides is 2. The van der Waals surface area contributed by atoms with Gasteiger partial charge in [0.05, 0.1) is 12.6 Å². The van der Waals surface area contributed by atoms with Crippen molar-refractivity contribution in [3.63, 3.8) is 0 Å². The second-order valence-corrected chi connectivity index (χ2v) is 8.31. The number of hydrogen-bond donors (Lipinski definition) is 0. The molecule has 6 heteroatoms. The Bertz CT molecular complexity index is 850. The molecule has 2 aromatic rings. The topological polar surface area (TPSA) is 43.9 Å². The quantitative estimate of drug-likeness (QED) is 0.668. The van der Waals surface area contributed by atoms with Gasteiger partial charge in [0.1, 0.15) is 0 Å². The molecule has 4 rings (SSSR count). The minimum Gasteiger partial charge on any atom is -0.297 e. The van der Waals surface area contributed by atoms with E-state index in [-0.39, 0.29) is 24.2 Å². The van der Waals surface area contributed by atoms with Crippen molar-refractivity contribution in [1.29, 1.82) is 0 Å². The number of imide groups is 1. The van der Waals surface area contributed by atoms with Crippen LogP contribution in [0, 0.1) is 0 Å². The molecule has 2 heterocycles. The van der Waals surface area contributed by atoms with Gasteiger partial charge in [-0.05, 0) is 17.2 Å². The number of benzene rings is 2. The first-order valence-corrected chi connectivity index (χ1v) is 10.5. The normalized spacial score (nSPS) is 21.5. The summed E-state index contributed by atoms with van der Waals surface area (Å²) < 4.78 is 0.887. The van der Waals surface area contributed by atoms with Crippen LogP contribution in [0.1, 0.15) is 23.5 Å². The van der Waals surface area contributed by atoms with E-state index < -0.39 is 0 Å². The molecule has 0 spiro atoms. The zero-order valence-corrected chi connectivity index (χ0v) is 17.3. The average Bonchev–Trinajstić information content (AvgIpc) is 2.99. The number of hydrogen-bond acceptors (Lipinski definition) is 4. The highest BCUT2D eigenvalue weighted by molar-refractivity contribution is 9.10. The Balaban J connectivity index is 1.33. The first kappa shape index (κ1) is 19.3. The number of carbonyl (C=O) groups is 2. The summed E-state index contributed by atoms with van der Waals surface area (Å²) in [6.45, 7) is 4.96. The van der Waals surface area contributed by atoms with Crippen molar-refractivity contribution < 1.29 is 9.59 Å². The molecule has 2 aromatic carbocycles. The van der Waals surface area contributed by atoms with E-state index in [0.717, 1.165) is 42.8 Å². The number of halogens is 1. The zero-order valence-electron chi connectivity index (χ0n) is 15.8. The third-order valence-corrected chi connectivity index (χ3v) is 6.30. The van der Waals surface area contributed by atoms with Crippen LogP contribution in [0.5, 0.6) is 0 Å². The summed E-state index contributed by atoms with van der Waals surface area (Å²) in [5.41, 5.74) is 2.22. The molecule has 2 saturated heterocycles. The van der Waals surface area contributed by atoms with Gasteiger partial charge in [0.25, 0.3) is 0 Å². The summed E-state index contributed by atoms with van der Waals surface area (Å²) in [6.07, 6.45) is 0.259. The summed E-state index contributed by atoms with van der Waals surface area (Å²) in [5, 5.41) is 0. The third-order valence-electron chi connectivity index (χ3n) is 5.58. The van der Waals surface area contributed by atoms with E-state index in [0.29, 0.717) is 6.67 Å². The molecule has 0 N–H and O–H groups in total. The van der Waals surface area contributed by atoms with Gasteiger partial charge in [-0.1, -0.05) is 64.5 Å². The maximum atomic E-state index is 12.9. The molecule has 2 amide bonds. The highest BCUT2D eigenvalue weighted by atomic mass is 79.9. The van der Waals surface area contributed by atoms with Gasteiger partial charge in [-0.25, -0.2) is 0 Å². The van der Waals surface area contributed by atoms with Crippen LogP contribution in [0.25, 0.3) is 0 Å². The minimum atomic E-state index is -0.373. The molecule has 146 valence electrons. The Morgan fingerprint density at radius 2 is 1.50 bits per heavy atom. The van der Waals surface area contributed by atoms with E-state index in [1.807, 2.05) is 30.3 Å². The number of carbonyl (C=O) groups excluding carboxylic acids is 2. The summed E-state index contributed by atoms with van der Waals surface area (Å²) in [6, 6.07) is 18.1. The van der Waals surface area contributed by atoms with E-state index in [1.165, 1.54) is 10.5 Å². The predicted octanol–water partition coefficient (Wildman–Crippen LogP) is 3.07. The van der Waals surface area contributed by atoms with E-state index >= 15 is 0 Å². The Hall–Kier alpha value is -2.02. The van der Waals surface area contributed by atoms with Gasteiger partial charge in [-0.3, -0.25) is 24.3 Å². The standard InChI is InChI=1S/C22H24BrN3O2/c23-20-9-5-4-8-18(20)19-14-21(27)26(22(19)28)16-25-12-10-24(11-13-25)15-17-6-2-1-3-7-17/h1-9,19H,10-16H2. The first-order valence-electron chi connectivity index (χ1n) is 9.69. The largest absolute Gasteiger partial charge is 0.297 e. The molecular weight excluding hydrogens is 418 g/mol.